The highest BCUT2D eigenvalue weighted by atomic mass is 32.1. The number of nitrogens with zero attached hydrogens (tertiary/aromatic N) is 2. The summed E-state index contributed by atoms with van der Waals surface area (Å²) in [7, 11) is 0. The van der Waals surface area contributed by atoms with Gasteiger partial charge in [0.05, 0.1) is 11.7 Å². The zero-order valence-corrected chi connectivity index (χ0v) is 15.8. The molecular formula is C22H20N2O2S. The third-order valence-electron chi connectivity index (χ3n) is 5.86. The third-order valence-corrected chi connectivity index (χ3v) is 6.63. The number of benzene rings is 2. The first-order valence-corrected chi connectivity index (χ1v) is 10.4. The fourth-order valence-electron chi connectivity index (χ4n) is 4.53. The van der Waals surface area contributed by atoms with Gasteiger partial charge in [-0.25, -0.2) is 0 Å². The van der Waals surface area contributed by atoms with Gasteiger partial charge >= 0.3 is 0 Å². The van der Waals surface area contributed by atoms with Crippen LogP contribution in [0.4, 0.5) is 0 Å². The molecule has 1 saturated heterocycles. The molecule has 1 aromatic heterocycles. The first-order chi connectivity index (χ1) is 13.2. The van der Waals surface area contributed by atoms with Gasteiger partial charge in [-0.05, 0) is 47.6 Å². The van der Waals surface area contributed by atoms with E-state index in [1.165, 1.54) is 27.8 Å². The van der Waals surface area contributed by atoms with E-state index in [-0.39, 0.29) is 17.6 Å². The molecular weight excluding hydrogens is 356 g/mol. The summed E-state index contributed by atoms with van der Waals surface area (Å²) in [4.78, 5) is 32.5. The average Bonchev–Trinajstić information content (AvgIpc) is 3.39. The Morgan fingerprint density at radius 1 is 1.11 bits per heavy atom. The number of likely N-dealkylation sites (tertiary alicyclic amines) is 1. The number of hydrogen-bond donors (Lipinski definition) is 0. The Morgan fingerprint density at radius 3 is 2.78 bits per heavy atom. The van der Waals surface area contributed by atoms with Gasteiger partial charge in [-0.2, -0.15) is 0 Å². The lowest BCUT2D eigenvalue weighted by atomic mass is 9.87. The number of amides is 1. The normalized spacial score (nSPS) is 18.8. The van der Waals surface area contributed by atoms with Crippen LogP contribution in [-0.4, -0.2) is 34.7 Å². The summed E-state index contributed by atoms with van der Waals surface area (Å²) >= 11 is 1.36. The number of piperidine rings is 1. The molecule has 4 nitrogen and oxygen atoms in total. The first kappa shape index (κ1) is 16.6. The molecule has 5 rings (SSSR count). The molecule has 2 aliphatic rings. The van der Waals surface area contributed by atoms with Gasteiger partial charge in [0.15, 0.2) is 5.78 Å². The Labute approximate surface area is 161 Å². The zero-order chi connectivity index (χ0) is 18.4. The third kappa shape index (κ3) is 2.77. The fraction of sp³-hybridized carbons (Fsp3) is 0.318. The van der Waals surface area contributed by atoms with Gasteiger partial charge < -0.3 is 4.90 Å². The lowest BCUT2D eigenvalue weighted by Crippen LogP contribution is -2.42. The van der Waals surface area contributed by atoms with Gasteiger partial charge in [0.1, 0.15) is 4.88 Å². The molecule has 1 atom stereocenters. The number of aromatic nitrogens is 1. The van der Waals surface area contributed by atoms with E-state index in [0.717, 1.165) is 36.6 Å². The molecule has 0 unspecified atom stereocenters. The van der Waals surface area contributed by atoms with Crippen molar-refractivity contribution in [1.29, 1.82) is 0 Å². The van der Waals surface area contributed by atoms with Crippen molar-refractivity contribution in [2.75, 3.05) is 13.1 Å². The number of ketones is 1. The van der Waals surface area contributed by atoms with E-state index in [9.17, 15) is 9.59 Å². The van der Waals surface area contributed by atoms with Crippen molar-refractivity contribution >= 4 is 33.8 Å². The summed E-state index contributed by atoms with van der Waals surface area (Å²) in [5.74, 6) is 0.0388. The number of carbonyl (C=O) groups is 2. The first-order valence-electron chi connectivity index (χ1n) is 9.48. The Kier molecular flexibility index (Phi) is 4.05. The largest absolute Gasteiger partial charge is 0.337 e. The second-order valence-corrected chi connectivity index (χ2v) is 8.32. The highest BCUT2D eigenvalue weighted by Crippen LogP contribution is 2.34. The van der Waals surface area contributed by atoms with E-state index >= 15 is 0 Å². The number of thiazole rings is 1. The topological polar surface area (TPSA) is 50.3 Å². The Morgan fingerprint density at radius 2 is 1.96 bits per heavy atom. The minimum absolute atomic E-state index is 0.00425. The minimum atomic E-state index is -0.130. The molecule has 0 saturated carbocycles. The second-order valence-electron chi connectivity index (χ2n) is 7.43. The van der Waals surface area contributed by atoms with Crippen molar-refractivity contribution in [2.45, 2.75) is 25.7 Å². The van der Waals surface area contributed by atoms with Crippen LogP contribution in [0.2, 0.25) is 0 Å². The van der Waals surface area contributed by atoms with Crippen molar-refractivity contribution in [3.63, 3.8) is 0 Å². The van der Waals surface area contributed by atoms with Crippen molar-refractivity contribution in [3.05, 3.63) is 63.6 Å². The molecule has 27 heavy (non-hydrogen) atoms. The van der Waals surface area contributed by atoms with Gasteiger partial charge in [-0.1, -0.05) is 30.3 Å². The van der Waals surface area contributed by atoms with Crippen molar-refractivity contribution in [2.24, 2.45) is 5.92 Å². The van der Waals surface area contributed by atoms with Gasteiger partial charge in [0, 0.05) is 24.6 Å². The highest BCUT2D eigenvalue weighted by Gasteiger charge is 2.31. The summed E-state index contributed by atoms with van der Waals surface area (Å²) in [6.45, 7) is 1.21. The molecule has 1 amide bonds. The van der Waals surface area contributed by atoms with Crippen LogP contribution in [0.15, 0.2) is 42.0 Å². The second kappa shape index (κ2) is 6.57. The number of aryl methyl sites for hydroxylation is 2. The van der Waals surface area contributed by atoms with Gasteiger partial charge in [0.25, 0.3) is 5.91 Å². The predicted octanol–water partition coefficient (Wildman–Crippen LogP) is 4.13. The molecule has 0 spiro atoms. The monoisotopic (exact) mass is 376 g/mol. The molecule has 0 N–H and O–H groups in total. The maximum Gasteiger partial charge on any atom is 0.265 e. The van der Waals surface area contributed by atoms with Crippen LogP contribution >= 0.6 is 11.3 Å². The van der Waals surface area contributed by atoms with Crippen molar-refractivity contribution < 1.29 is 9.59 Å². The van der Waals surface area contributed by atoms with E-state index in [2.05, 4.69) is 29.2 Å². The van der Waals surface area contributed by atoms with E-state index < -0.39 is 0 Å². The van der Waals surface area contributed by atoms with Crippen LogP contribution in [0.3, 0.4) is 0 Å². The quantitative estimate of drug-likeness (QED) is 0.646. The Balaban J connectivity index is 1.45. The zero-order valence-electron chi connectivity index (χ0n) is 15.0. The Bertz CT molecular complexity index is 1030. The molecule has 5 heteroatoms. The maximum atomic E-state index is 13.4. The van der Waals surface area contributed by atoms with Crippen LogP contribution < -0.4 is 0 Å². The summed E-state index contributed by atoms with van der Waals surface area (Å²) in [5, 5.41) is 2.36. The molecule has 1 aliphatic carbocycles. The number of rotatable bonds is 3. The van der Waals surface area contributed by atoms with Crippen LogP contribution in [0.1, 0.15) is 44.0 Å². The molecule has 2 aromatic carbocycles. The van der Waals surface area contributed by atoms with Gasteiger partial charge in [0.2, 0.25) is 0 Å². The Hall–Kier alpha value is -2.53. The number of Topliss-reactive ketones (excluding diaryl/α,β-unsaturated/α-hetero) is 1. The lowest BCUT2D eigenvalue weighted by molar-refractivity contribution is 0.0641. The molecule has 2 heterocycles. The van der Waals surface area contributed by atoms with Crippen LogP contribution in [0, 0.1) is 5.92 Å². The van der Waals surface area contributed by atoms with E-state index in [4.69, 9.17) is 0 Å². The van der Waals surface area contributed by atoms with Crippen LogP contribution in [0.25, 0.3) is 10.8 Å². The van der Waals surface area contributed by atoms with E-state index in [1.807, 2.05) is 11.0 Å². The summed E-state index contributed by atoms with van der Waals surface area (Å²) in [6.07, 6.45) is 5.44. The fourth-order valence-corrected chi connectivity index (χ4v) is 5.12. The molecule has 136 valence electrons. The van der Waals surface area contributed by atoms with Gasteiger partial charge in [-0.3, -0.25) is 14.6 Å². The summed E-state index contributed by atoms with van der Waals surface area (Å²) in [5.41, 5.74) is 5.19. The van der Waals surface area contributed by atoms with Crippen molar-refractivity contribution in [3.8, 4) is 0 Å². The molecule has 3 aromatic rings. The summed E-state index contributed by atoms with van der Waals surface area (Å²) < 4.78 is 0. The summed E-state index contributed by atoms with van der Waals surface area (Å²) in [6, 6.07) is 10.4. The molecule has 1 fully saturated rings. The standard InChI is InChI=1S/C22H20N2O2S/c25-21(16-4-2-10-24(12-16)22(26)19-11-23-13-27-19)18-9-8-15-7-6-14-3-1-5-17(18)20(14)15/h1,3,5,8-9,11,13,16H,2,4,6-7,10,12H2/t16-/m0/s1. The highest BCUT2D eigenvalue weighted by molar-refractivity contribution is 7.11. The molecule has 0 bridgehead atoms. The molecule has 0 radical (unpaired) electrons. The van der Waals surface area contributed by atoms with Crippen molar-refractivity contribution in [1.82, 2.24) is 9.88 Å². The smallest absolute Gasteiger partial charge is 0.265 e. The van der Waals surface area contributed by atoms with Crippen LogP contribution in [-0.2, 0) is 12.8 Å². The average molecular weight is 376 g/mol. The lowest BCUT2D eigenvalue weighted by Gasteiger charge is -2.32. The van der Waals surface area contributed by atoms with E-state index in [1.54, 1.807) is 11.7 Å². The van der Waals surface area contributed by atoms with Gasteiger partial charge in [-0.15, -0.1) is 11.3 Å². The number of hydrogen-bond acceptors (Lipinski definition) is 4. The maximum absolute atomic E-state index is 13.4. The molecule has 1 aliphatic heterocycles. The number of carbonyl (C=O) groups excluding carboxylic acids is 2. The predicted molar refractivity (Wildman–Crippen MR) is 106 cm³/mol. The van der Waals surface area contributed by atoms with Crippen LogP contribution in [0.5, 0.6) is 0 Å². The minimum Gasteiger partial charge on any atom is -0.337 e. The van der Waals surface area contributed by atoms with E-state index in [0.29, 0.717) is 18.0 Å². The SMILES string of the molecule is O=C(c1ccc2c3c(cccc13)CC2)[C@H]1CCCN(C(=O)c2cncs2)C1.